The molecule has 0 spiro atoms. The molecule has 0 bridgehead atoms. The molecule has 0 aliphatic carbocycles. The zero-order valence-electron chi connectivity index (χ0n) is 8.68. The van der Waals surface area contributed by atoms with Crippen molar-refractivity contribution in [3.05, 3.63) is 48.7 Å². The molecular formula is C13H13NO. The molecule has 2 rings (SSSR count). The smallest absolute Gasteiger partial charge is 0.145 e. The molecule has 0 atom stereocenters. The molecule has 2 aromatic rings. The number of rotatable bonds is 3. The third-order valence-corrected chi connectivity index (χ3v) is 2.17. The first-order chi connectivity index (χ1) is 7.42. The Labute approximate surface area is 89.2 Å². The molecule has 15 heavy (non-hydrogen) atoms. The summed E-state index contributed by atoms with van der Waals surface area (Å²) < 4.78 is 5.61. The number of pyridine rings is 1. The summed E-state index contributed by atoms with van der Waals surface area (Å²) in [4.78, 5) is 4.31. The van der Waals surface area contributed by atoms with Crippen LogP contribution in [0, 0.1) is 0 Å². The van der Waals surface area contributed by atoms with Gasteiger partial charge >= 0.3 is 0 Å². The number of aromatic nitrogens is 1. The van der Waals surface area contributed by atoms with Crippen molar-refractivity contribution in [3.63, 3.8) is 0 Å². The van der Waals surface area contributed by atoms with Gasteiger partial charge in [0.1, 0.15) is 17.9 Å². The summed E-state index contributed by atoms with van der Waals surface area (Å²) in [5.74, 6) is 0.839. The Bertz CT molecular complexity index is 471. The predicted molar refractivity (Wildman–Crippen MR) is 62.1 cm³/mol. The van der Waals surface area contributed by atoms with Crippen LogP contribution in [0.15, 0.2) is 48.7 Å². The van der Waals surface area contributed by atoms with Gasteiger partial charge in [0.25, 0.3) is 0 Å². The lowest BCUT2D eigenvalue weighted by Gasteiger charge is -2.05. The summed E-state index contributed by atoms with van der Waals surface area (Å²) in [5.41, 5.74) is 0.921. The van der Waals surface area contributed by atoms with Crippen LogP contribution in [0.3, 0.4) is 0 Å². The lowest BCUT2D eigenvalue weighted by molar-refractivity contribution is 0.366. The van der Waals surface area contributed by atoms with Crippen LogP contribution in [0.5, 0.6) is 5.75 Å². The zero-order chi connectivity index (χ0) is 10.5. The third-order valence-electron chi connectivity index (χ3n) is 2.17. The van der Waals surface area contributed by atoms with Crippen LogP contribution in [0.1, 0.15) is 6.92 Å². The fourth-order valence-electron chi connectivity index (χ4n) is 1.43. The molecule has 0 radical (unpaired) electrons. The Morgan fingerprint density at radius 3 is 3.00 bits per heavy atom. The number of benzene rings is 1. The van der Waals surface area contributed by atoms with Gasteiger partial charge < -0.3 is 4.74 Å². The van der Waals surface area contributed by atoms with Crippen LogP contribution >= 0.6 is 0 Å². The summed E-state index contributed by atoms with van der Waals surface area (Å²) >= 11 is 0. The first kappa shape index (κ1) is 9.71. The van der Waals surface area contributed by atoms with Crippen LogP contribution in [-0.4, -0.2) is 11.6 Å². The first-order valence-corrected chi connectivity index (χ1v) is 4.99. The molecule has 0 fully saturated rings. The van der Waals surface area contributed by atoms with E-state index >= 15 is 0 Å². The van der Waals surface area contributed by atoms with E-state index in [1.807, 2.05) is 49.4 Å². The van der Waals surface area contributed by atoms with Crippen molar-refractivity contribution in [1.29, 1.82) is 0 Å². The zero-order valence-corrected chi connectivity index (χ0v) is 8.68. The van der Waals surface area contributed by atoms with E-state index < -0.39 is 0 Å². The van der Waals surface area contributed by atoms with Crippen LogP contribution in [-0.2, 0) is 0 Å². The molecule has 0 aliphatic rings. The largest absolute Gasteiger partial charge is 0.487 e. The summed E-state index contributed by atoms with van der Waals surface area (Å²) in [6, 6.07) is 9.92. The van der Waals surface area contributed by atoms with Gasteiger partial charge in [-0.2, -0.15) is 0 Å². The molecule has 0 unspecified atom stereocenters. The van der Waals surface area contributed by atoms with Crippen LogP contribution in [0.2, 0.25) is 0 Å². The number of fused-ring (bicyclic) bond motifs is 1. The Kier molecular flexibility index (Phi) is 2.98. The molecule has 1 aromatic carbocycles. The maximum Gasteiger partial charge on any atom is 0.145 e. The molecule has 0 aliphatic heterocycles. The lowest BCUT2D eigenvalue weighted by atomic mass is 10.2. The summed E-state index contributed by atoms with van der Waals surface area (Å²) in [6.07, 6.45) is 5.73. The molecule has 2 nitrogen and oxygen atoms in total. The highest BCUT2D eigenvalue weighted by atomic mass is 16.5. The highest BCUT2D eigenvalue weighted by Gasteiger charge is 2.00. The van der Waals surface area contributed by atoms with Gasteiger partial charge in [-0.25, -0.2) is 0 Å². The van der Waals surface area contributed by atoms with Crippen molar-refractivity contribution in [3.8, 4) is 5.75 Å². The van der Waals surface area contributed by atoms with Gasteiger partial charge in [0, 0.05) is 11.6 Å². The minimum atomic E-state index is 0.589. The van der Waals surface area contributed by atoms with Crippen LogP contribution in [0.4, 0.5) is 0 Å². The van der Waals surface area contributed by atoms with E-state index in [0.29, 0.717) is 6.61 Å². The standard InChI is InChI=1S/C13H13NO/c1-2-3-10-15-12-8-4-6-11-7-5-9-14-13(11)12/h2-9H,10H2,1H3/b3-2+. The average Bonchev–Trinajstić information content (AvgIpc) is 2.30. The summed E-state index contributed by atoms with van der Waals surface area (Å²) in [5, 5.41) is 1.11. The van der Waals surface area contributed by atoms with Crippen molar-refractivity contribution < 1.29 is 4.74 Å². The van der Waals surface area contributed by atoms with E-state index in [2.05, 4.69) is 4.98 Å². The lowest BCUT2D eigenvalue weighted by Crippen LogP contribution is -1.94. The average molecular weight is 199 g/mol. The Hall–Kier alpha value is -1.83. The molecule has 1 heterocycles. The van der Waals surface area contributed by atoms with Crippen molar-refractivity contribution in [2.75, 3.05) is 6.61 Å². The SMILES string of the molecule is C/C=C/COc1cccc2cccnc12. The predicted octanol–water partition coefficient (Wildman–Crippen LogP) is 3.19. The number of hydrogen-bond acceptors (Lipinski definition) is 2. The number of ether oxygens (including phenoxy) is 1. The fourth-order valence-corrected chi connectivity index (χ4v) is 1.43. The normalized spacial score (nSPS) is 11.0. The number of allylic oxidation sites excluding steroid dienone is 1. The van der Waals surface area contributed by atoms with E-state index in [4.69, 9.17) is 4.74 Å². The molecule has 2 heteroatoms. The minimum Gasteiger partial charge on any atom is -0.487 e. The Morgan fingerprint density at radius 1 is 1.27 bits per heavy atom. The molecule has 0 amide bonds. The van der Waals surface area contributed by atoms with E-state index in [-0.39, 0.29) is 0 Å². The number of nitrogens with zero attached hydrogens (tertiary/aromatic N) is 1. The Morgan fingerprint density at radius 2 is 2.13 bits per heavy atom. The van der Waals surface area contributed by atoms with Gasteiger partial charge in [-0.1, -0.05) is 30.4 Å². The number of hydrogen-bond donors (Lipinski definition) is 0. The van der Waals surface area contributed by atoms with Gasteiger partial charge in [-0.3, -0.25) is 4.98 Å². The maximum absolute atomic E-state index is 5.61. The fraction of sp³-hybridized carbons (Fsp3) is 0.154. The van der Waals surface area contributed by atoms with Gasteiger partial charge in [0.15, 0.2) is 0 Å². The molecule has 76 valence electrons. The van der Waals surface area contributed by atoms with E-state index in [1.165, 1.54) is 0 Å². The van der Waals surface area contributed by atoms with Gasteiger partial charge in [0.2, 0.25) is 0 Å². The minimum absolute atomic E-state index is 0.589. The molecule has 0 N–H and O–H groups in total. The topological polar surface area (TPSA) is 22.1 Å². The van der Waals surface area contributed by atoms with Crippen molar-refractivity contribution >= 4 is 10.9 Å². The van der Waals surface area contributed by atoms with Crippen molar-refractivity contribution in [2.45, 2.75) is 6.92 Å². The second kappa shape index (κ2) is 4.60. The monoisotopic (exact) mass is 199 g/mol. The van der Waals surface area contributed by atoms with Gasteiger partial charge in [0.05, 0.1) is 0 Å². The van der Waals surface area contributed by atoms with Crippen LogP contribution in [0.25, 0.3) is 10.9 Å². The quantitative estimate of drug-likeness (QED) is 0.708. The van der Waals surface area contributed by atoms with Gasteiger partial charge in [-0.05, 0) is 19.1 Å². The van der Waals surface area contributed by atoms with E-state index in [0.717, 1.165) is 16.7 Å². The third kappa shape index (κ3) is 2.15. The van der Waals surface area contributed by atoms with Crippen molar-refractivity contribution in [1.82, 2.24) is 4.98 Å². The first-order valence-electron chi connectivity index (χ1n) is 4.99. The summed E-state index contributed by atoms with van der Waals surface area (Å²) in [6.45, 7) is 2.57. The van der Waals surface area contributed by atoms with E-state index in [9.17, 15) is 0 Å². The highest BCUT2D eigenvalue weighted by Crippen LogP contribution is 2.22. The second-order valence-corrected chi connectivity index (χ2v) is 3.21. The summed E-state index contributed by atoms with van der Waals surface area (Å²) in [7, 11) is 0. The van der Waals surface area contributed by atoms with Crippen LogP contribution < -0.4 is 4.74 Å². The molecular weight excluding hydrogens is 186 g/mol. The molecule has 1 aromatic heterocycles. The maximum atomic E-state index is 5.61. The number of para-hydroxylation sites is 1. The molecule has 0 saturated heterocycles. The van der Waals surface area contributed by atoms with Gasteiger partial charge in [-0.15, -0.1) is 0 Å². The second-order valence-electron chi connectivity index (χ2n) is 3.21. The van der Waals surface area contributed by atoms with E-state index in [1.54, 1.807) is 6.20 Å². The van der Waals surface area contributed by atoms with Crippen molar-refractivity contribution in [2.24, 2.45) is 0 Å². The molecule has 0 saturated carbocycles. The highest BCUT2D eigenvalue weighted by molar-refractivity contribution is 5.84. The Balaban J connectivity index is 2.34.